The summed E-state index contributed by atoms with van der Waals surface area (Å²) in [7, 11) is 0. The van der Waals surface area contributed by atoms with Gasteiger partial charge in [0.25, 0.3) is 0 Å². The number of nitrogens with zero attached hydrogens (tertiary/aromatic N) is 6. The largest absolute Gasteiger partial charge is 0.389 e. The maximum Gasteiger partial charge on any atom is 0.123 e. The average Bonchev–Trinajstić information content (AvgIpc) is 3.23. The molecule has 0 aliphatic carbocycles. The number of allylic oxidation sites excluding steroid dienone is 1. The van der Waals surface area contributed by atoms with Crippen LogP contribution in [0.4, 0.5) is 5.69 Å². The normalized spacial score (nSPS) is 15.4. The van der Waals surface area contributed by atoms with Crippen LogP contribution in [0.5, 0.6) is 0 Å². The molecule has 8 nitrogen and oxygen atoms in total. The van der Waals surface area contributed by atoms with Gasteiger partial charge in [-0.2, -0.15) is 10.5 Å². The predicted molar refractivity (Wildman–Crippen MR) is 228 cm³/mol. The lowest BCUT2D eigenvalue weighted by Gasteiger charge is -2.41. The molecule has 4 aromatic carbocycles. The van der Waals surface area contributed by atoms with Gasteiger partial charge in [0.1, 0.15) is 32.9 Å². The topological polar surface area (TPSA) is 102 Å². The molecule has 1 aromatic heterocycles. The van der Waals surface area contributed by atoms with Crippen molar-refractivity contribution in [3.05, 3.63) is 177 Å². The number of pyridine rings is 1. The van der Waals surface area contributed by atoms with Gasteiger partial charge in [0.2, 0.25) is 0 Å². The number of piperazine rings is 2. The summed E-state index contributed by atoms with van der Waals surface area (Å²) in [6.07, 6.45) is 1.82. The van der Waals surface area contributed by atoms with E-state index in [2.05, 4.69) is 158 Å². The summed E-state index contributed by atoms with van der Waals surface area (Å²) in [5.41, 5.74) is 13.7. The zero-order chi connectivity index (χ0) is 38.6. The molecule has 55 heavy (non-hydrogen) atoms. The van der Waals surface area contributed by atoms with E-state index >= 15 is 0 Å². The molecule has 0 saturated carbocycles. The van der Waals surface area contributed by atoms with Gasteiger partial charge in [-0.1, -0.05) is 146 Å². The van der Waals surface area contributed by atoms with Crippen molar-refractivity contribution in [1.82, 2.24) is 19.7 Å². The van der Waals surface area contributed by atoms with Crippen molar-refractivity contribution in [3.63, 3.8) is 0 Å². The van der Waals surface area contributed by atoms with E-state index in [-0.39, 0.29) is 17.1 Å². The molecule has 0 bridgehead atoms. The van der Waals surface area contributed by atoms with Crippen molar-refractivity contribution in [3.8, 4) is 12.1 Å². The number of hydrogen-bond acceptors (Lipinski definition) is 8. The number of benzene rings is 4. The number of H-pyrrole nitrogens is 1. The van der Waals surface area contributed by atoms with E-state index in [9.17, 15) is 10.5 Å². The first kappa shape index (κ1) is 39.1. The van der Waals surface area contributed by atoms with E-state index in [0.717, 1.165) is 63.7 Å². The van der Waals surface area contributed by atoms with Crippen molar-refractivity contribution >= 4 is 35.1 Å². The van der Waals surface area contributed by atoms with Gasteiger partial charge >= 0.3 is 0 Å². The lowest BCUT2D eigenvalue weighted by atomic mass is 9.96. The molecular formula is C45H46N8S2. The molecule has 5 aromatic rings. The highest BCUT2D eigenvalue weighted by molar-refractivity contribution is 7.80. The van der Waals surface area contributed by atoms with Gasteiger partial charge in [0.05, 0.1) is 17.8 Å². The number of nitrogens with one attached hydrogen (secondary N) is 1. The number of thiocarbonyl (C=S) groups is 1. The standard InChI is InChI=1S/C23H22N4S.C22H24N4S/c24-17-20-21(11-12-25-23(20)28)26-13-15-27(16-14-26)22(18-7-3-1-4-8-18)19-9-5-2-6-10-19;1-17(20(16-23)22(24)27)25-12-14-26(15-13-25)21(18-8-4-2-5-9-18)19-10-6-3-7-11-19/h1-12,22H,13-16H2,(H,25,28);2-11,21H,12-15H2,1H3,(H2,24,27)/b;20-17-. The molecule has 0 amide bonds. The number of nitrogens with two attached hydrogens (primary N) is 1. The quantitative estimate of drug-likeness (QED) is 0.0879. The van der Waals surface area contributed by atoms with E-state index in [1.165, 1.54) is 22.3 Å². The number of rotatable bonds is 9. The first-order valence-corrected chi connectivity index (χ1v) is 19.4. The van der Waals surface area contributed by atoms with Crippen molar-refractivity contribution in [2.75, 3.05) is 57.3 Å². The zero-order valence-corrected chi connectivity index (χ0v) is 32.7. The van der Waals surface area contributed by atoms with Crippen molar-refractivity contribution in [2.24, 2.45) is 5.73 Å². The van der Waals surface area contributed by atoms with Crippen LogP contribution < -0.4 is 10.6 Å². The Morgan fingerprint density at radius 1 is 0.636 bits per heavy atom. The van der Waals surface area contributed by atoms with E-state index in [0.29, 0.717) is 15.8 Å². The first-order chi connectivity index (χ1) is 26.9. The minimum atomic E-state index is 0.170. The fourth-order valence-corrected chi connectivity index (χ4v) is 8.03. The number of anilines is 1. The highest BCUT2D eigenvalue weighted by Gasteiger charge is 2.29. The van der Waals surface area contributed by atoms with Crippen LogP contribution in [0.1, 0.15) is 46.8 Å². The van der Waals surface area contributed by atoms with E-state index in [1.54, 1.807) is 0 Å². The van der Waals surface area contributed by atoms with Crippen LogP contribution in [0.2, 0.25) is 0 Å². The highest BCUT2D eigenvalue weighted by atomic mass is 32.1. The average molecular weight is 763 g/mol. The Morgan fingerprint density at radius 2 is 1.04 bits per heavy atom. The summed E-state index contributed by atoms with van der Waals surface area (Å²) < 4.78 is 0.508. The lowest BCUT2D eigenvalue weighted by Crippen LogP contribution is -2.48. The predicted octanol–water partition coefficient (Wildman–Crippen LogP) is 8.00. The van der Waals surface area contributed by atoms with Gasteiger partial charge < -0.3 is 20.5 Å². The molecule has 0 radical (unpaired) electrons. The minimum absolute atomic E-state index is 0.170. The molecule has 278 valence electrons. The molecule has 3 N–H and O–H groups in total. The van der Waals surface area contributed by atoms with Gasteiger partial charge in [-0.3, -0.25) is 9.80 Å². The Morgan fingerprint density at radius 3 is 1.40 bits per heavy atom. The van der Waals surface area contributed by atoms with Crippen LogP contribution in [0.15, 0.2) is 145 Å². The van der Waals surface area contributed by atoms with Crippen molar-refractivity contribution in [2.45, 2.75) is 19.0 Å². The van der Waals surface area contributed by atoms with Crippen LogP contribution in [0.3, 0.4) is 0 Å². The fraction of sp³-hybridized carbons (Fsp3) is 0.244. The van der Waals surface area contributed by atoms with Crippen LogP contribution in [-0.2, 0) is 0 Å². The van der Waals surface area contributed by atoms with Crippen molar-refractivity contribution in [1.29, 1.82) is 10.5 Å². The van der Waals surface area contributed by atoms with Gasteiger partial charge in [-0.15, -0.1) is 0 Å². The van der Waals surface area contributed by atoms with Gasteiger partial charge in [0, 0.05) is 64.3 Å². The Bertz CT molecular complexity index is 2100. The number of aromatic amines is 1. The first-order valence-electron chi connectivity index (χ1n) is 18.6. The summed E-state index contributed by atoms with van der Waals surface area (Å²) >= 11 is 10.3. The molecular weight excluding hydrogens is 717 g/mol. The molecule has 10 heteroatoms. The minimum Gasteiger partial charge on any atom is -0.389 e. The van der Waals surface area contributed by atoms with Gasteiger partial charge in [0.15, 0.2) is 0 Å². The van der Waals surface area contributed by atoms with Crippen LogP contribution in [0, 0.1) is 27.3 Å². The van der Waals surface area contributed by atoms with Crippen LogP contribution in [0.25, 0.3) is 0 Å². The third kappa shape index (κ3) is 9.55. The monoisotopic (exact) mass is 762 g/mol. The molecule has 0 spiro atoms. The maximum absolute atomic E-state index is 9.49. The Hall–Kier alpha value is -5.62. The lowest BCUT2D eigenvalue weighted by molar-refractivity contribution is 0.131. The molecule has 3 heterocycles. The second kappa shape index (κ2) is 19.1. The maximum atomic E-state index is 9.49. The molecule has 2 aliphatic heterocycles. The molecule has 2 fully saturated rings. The number of aromatic nitrogens is 1. The Balaban J connectivity index is 0.000000187. The molecule has 7 rings (SSSR count). The Kier molecular flexibility index (Phi) is 13.6. The summed E-state index contributed by atoms with van der Waals surface area (Å²) in [6, 6.07) is 49.4. The van der Waals surface area contributed by atoms with Crippen LogP contribution in [-0.4, -0.2) is 77.0 Å². The molecule has 0 atom stereocenters. The number of hydrogen-bond donors (Lipinski definition) is 2. The third-order valence-electron chi connectivity index (χ3n) is 10.4. The van der Waals surface area contributed by atoms with Crippen LogP contribution >= 0.6 is 24.4 Å². The Labute approximate surface area is 335 Å². The molecule has 2 aliphatic rings. The summed E-state index contributed by atoms with van der Waals surface area (Å²) in [6.45, 7) is 9.00. The fourth-order valence-electron chi connectivity index (χ4n) is 7.62. The van der Waals surface area contributed by atoms with Gasteiger partial charge in [-0.05, 0) is 35.2 Å². The van der Waals surface area contributed by atoms with E-state index < -0.39 is 0 Å². The molecule has 0 unspecified atom stereocenters. The summed E-state index contributed by atoms with van der Waals surface area (Å²) in [5, 5.41) is 18.8. The summed E-state index contributed by atoms with van der Waals surface area (Å²) in [5.74, 6) is 0. The molecule has 2 saturated heterocycles. The van der Waals surface area contributed by atoms with Crippen molar-refractivity contribution < 1.29 is 0 Å². The van der Waals surface area contributed by atoms with Gasteiger partial charge in [-0.25, -0.2) is 0 Å². The zero-order valence-electron chi connectivity index (χ0n) is 31.1. The number of nitriles is 2. The second-order valence-corrected chi connectivity index (χ2v) is 14.5. The SMILES string of the molecule is C/C(=C(\C#N)C(N)=S)N1CCN(C(c2ccccc2)c2ccccc2)CC1.N#Cc1c(N2CCN(C(c3ccccc3)c3ccccc3)CC2)cc[nH]c1=S. The summed E-state index contributed by atoms with van der Waals surface area (Å²) in [4.78, 5) is 12.6. The highest BCUT2D eigenvalue weighted by Crippen LogP contribution is 2.32. The second-order valence-electron chi connectivity index (χ2n) is 13.6. The van der Waals surface area contributed by atoms with E-state index in [1.807, 2.05) is 19.2 Å². The van der Waals surface area contributed by atoms with E-state index in [4.69, 9.17) is 30.2 Å². The third-order valence-corrected chi connectivity index (χ3v) is 10.9. The smallest absolute Gasteiger partial charge is 0.123 e.